The van der Waals surface area contributed by atoms with E-state index in [0.717, 1.165) is 28.8 Å². The highest BCUT2D eigenvalue weighted by molar-refractivity contribution is 6.04. The highest BCUT2D eigenvalue weighted by Gasteiger charge is 2.29. The van der Waals surface area contributed by atoms with Crippen LogP contribution in [0.1, 0.15) is 39.4 Å². The number of hydrogen-bond donors (Lipinski definition) is 1. The maximum Gasteiger partial charge on any atom is 0.255 e. The Hall–Kier alpha value is -3.40. The number of carbonyl (C=O) groups excluding carboxylic acids is 2. The Morgan fingerprint density at radius 2 is 1.93 bits per heavy atom. The Bertz CT molecular complexity index is 1020. The predicted molar refractivity (Wildman–Crippen MR) is 123 cm³/mol. The number of benzene rings is 2. The summed E-state index contributed by atoms with van der Waals surface area (Å²) in [6.07, 6.45) is 5.72. The zero-order valence-corrected chi connectivity index (χ0v) is 17.7. The van der Waals surface area contributed by atoms with Crippen LogP contribution in [0.25, 0.3) is 0 Å². The molecule has 0 aliphatic carbocycles. The monoisotopic (exact) mass is 400 g/mol. The van der Waals surface area contributed by atoms with E-state index in [-0.39, 0.29) is 17.7 Å². The second-order valence-electron chi connectivity index (χ2n) is 7.69. The first kappa shape index (κ1) is 21.3. The van der Waals surface area contributed by atoms with Crippen molar-refractivity contribution in [2.24, 2.45) is 0 Å². The van der Waals surface area contributed by atoms with Gasteiger partial charge in [-0.05, 0) is 61.2 Å². The van der Waals surface area contributed by atoms with Gasteiger partial charge in [0.1, 0.15) is 0 Å². The molecule has 0 bridgehead atoms. The standard InChI is InChI=1S/C26H28N2O2/c1-5-8-20(6-2)26(30)28-14-13-22(17-28)24-16-21(12-11-19(24)4)25(29)27-23-10-7-9-18(3)15-23/h5-12,15-16,22H,1-2,13-14,17H2,3-4H3,(H,27,29)/b20-8+. The molecule has 0 radical (unpaired) electrons. The number of carbonyl (C=O) groups is 2. The number of hydrogen-bond acceptors (Lipinski definition) is 2. The molecule has 1 N–H and O–H groups in total. The third-order valence-electron chi connectivity index (χ3n) is 5.50. The minimum atomic E-state index is -0.129. The predicted octanol–water partition coefficient (Wildman–Crippen LogP) is 5.17. The van der Waals surface area contributed by atoms with Gasteiger partial charge >= 0.3 is 0 Å². The fourth-order valence-corrected chi connectivity index (χ4v) is 3.88. The molecule has 154 valence electrons. The fourth-order valence-electron chi connectivity index (χ4n) is 3.88. The van der Waals surface area contributed by atoms with E-state index in [4.69, 9.17) is 0 Å². The molecule has 2 aromatic rings. The summed E-state index contributed by atoms with van der Waals surface area (Å²) in [6, 6.07) is 13.5. The van der Waals surface area contributed by atoms with Gasteiger partial charge in [0.2, 0.25) is 0 Å². The largest absolute Gasteiger partial charge is 0.338 e. The lowest BCUT2D eigenvalue weighted by molar-refractivity contribution is -0.125. The van der Waals surface area contributed by atoms with Crippen LogP contribution in [0.2, 0.25) is 0 Å². The average Bonchev–Trinajstić information content (AvgIpc) is 3.22. The maximum atomic E-state index is 12.8. The zero-order valence-electron chi connectivity index (χ0n) is 17.7. The van der Waals surface area contributed by atoms with Gasteiger partial charge in [-0.1, -0.05) is 49.6 Å². The normalized spacial score (nSPS) is 16.3. The van der Waals surface area contributed by atoms with Crippen molar-refractivity contribution in [3.63, 3.8) is 0 Å². The van der Waals surface area contributed by atoms with Gasteiger partial charge in [-0.3, -0.25) is 9.59 Å². The lowest BCUT2D eigenvalue weighted by atomic mass is 9.92. The molecule has 0 aromatic heterocycles. The molecular formula is C26H28N2O2. The van der Waals surface area contributed by atoms with Gasteiger partial charge in [0.15, 0.2) is 0 Å². The van der Waals surface area contributed by atoms with Gasteiger partial charge < -0.3 is 10.2 Å². The Labute approximate surface area is 178 Å². The lowest BCUT2D eigenvalue weighted by Gasteiger charge is -2.18. The van der Waals surface area contributed by atoms with Gasteiger partial charge in [-0.15, -0.1) is 0 Å². The van der Waals surface area contributed by atoms with Gasteiger partial charge in [0, 0.05) is 35.8 Å². The molecule has 1 aliphatic rings. The summed E-state index contributed by atoms with van der Waals surface area (Å²) in [4.78, 5) is 27.3. The van der Waals surface area contributed by atoms with E-state index in [1.165, 1.54) is 0 Å². The molecule has 3 rings (SSSR count). The van der Waals surface area contributed by atoms with Crippen LogP contribution in [0, 0.1) is 13.8 Å². The molecule has 4 nitrogen and oxygen atoms in total. The van der Waals surface area contributed by atoms with E-state index in [0.29, 0.717) is 24.2 Å². The molecule has 1 aliphatic heterocycles. The fraction of sp³-hybridized carbons (Fsp3) is 0.231. The first-order valence-corrected chi connectivity index (χ1v) is 10.2. The van der Waals surface area contributed by atoms with Gasteiger partial charge in [-0.25, -0.2) is 0 Å². The van der Waals surface area contributed by atoms with E-state index < -0.39 is 0 Å². The van der Waals surface area contributed by atoms with Crippen molar-refractivity contribution < 1.29 is 9.59 Å². The quantitative estimate of drug-likeness (QED) is 0.537. The van der Waals surface area contributed by atoms with Crippen molar-refractivity contribution in [3.8, 4) is 0 Å². The number of allylic oxidation sites excluding steroid dienone is 2. The molecule has 0 spiro atoms. The molecule has 1 heterocycles. The Morgan fingerprint density at radius 3 is 2.63 bits per heavy atom. The van der Waals surface area contributed by atoms with Crippen LogP contribution in [0.4, 0.5) is 5.69 Å². The number of nitrogens with one attached hydrogen (secondary N) is 1. The van der Waals surface area contributed by atoms with Gasteiger partial charge in [0.05, 0.1) is 0 Å². The summed E-state index contributed by atoms with van der Waals surface area (Å²) < 4.78 is 0. The molecule has 4 heteroatoms. The minimum absolute atomic E-state index is 0.0293. The van der Waals surface area contributed by atoms with Crippen molar-refractivity contribution in [2.75, 3.05) is 18.4 Å². The number of rotatable bonds is 6. The highest BCUT2D eigenvalue weighted by atomic mass is 16.2. The molecule has 1 atom stereocenters. The van der Waals surface area contributed by atoms with E-state index >= 15 is 0 Å². The average molecular weight is 401 g/mol. The summed E-state index contributed by atoms with van der Waals surface area (Å²) in [6.45, 7) is 12.7. The van der Waals surface area contributed by atoms with Crippen molar-refractivity contribution in [1.29, 1.82) is 0 Å². The molecule has 2 amide bonds. The van der Waals surface area contributed by atoms with Crippen LogP contribution in [0.3, 0.4) is 0 Å². The van der Waals surface area contributed by atoms with Crippen molar-refractivity contribution >= 4 is 17.5 Å². The summed E-state index contributed by atoms with van der Waals surface area (Å²) in [5, 5.41) is 2.97. The van der Waals surface area contributed by atoms with Gasteiger partial charge in [-0.2, -0.15) is 0 Å². The number of amides is 2. The molecule has 1 fully saturated rings. The second-order valence-corrected chi connectivity index (χ2v) is 7.69. The Kier molecular flexibility index (Phi) is 6.68. The minimum Gasteiger partial charge on any atom is -0.338 e. The van der Waals surface area contributed by atoms with E-state index in [2.05, 4.69) is 25.4 Å². The summed E-state index contributed by atoms with van der Waals surface area (Å²) in [5.74, 6) is 0.0458. The zero-order chi connectivity index (χ0) is 21.7. The molecular weight excluding hydrogens is 372 g/mol. The molecule has 1 saturated heterocycles. The maximum absolute atomic E-state index is 12.8. The molecule has 30 heavy (non-hydrogen) atoms. The third-order valence-corrected chi connectivity index (χ3v) is 5.50. The third kappa shape index (κ3) is 4.77. The Balaban J connectivity index is 1.76. The van der Waals surface area contributed by atoms with Crippen molar-refractivity contribution in [3.05, 3.63) is 102 Å². The summed E-state index contributed by atoms with van der Waals surface area (Å²) in [5.41, 5.74) is 5.30. The van der Waals surface area contributed by atoms with Crippen LogP contribution in [-0.4, -0.2) is 29.8 Å². The first-order chi connectivity index (χ1) is 14.4. The molecule has 2 aromatic carbocycles. The number of nitrogens with zero attached hydrogens (tertiary/aromatic N) is 1. The van der Waals surface area contributed by atoms with E-state index in [9.17, 15) is 9.59 Å². The van der Waals surface area contributed by atoms with Crippen LogP contribution in [0.15, 0.2) is 79.4 Å². The van der Waals surface area contributed by atoms with Crippen LogP contribution in [-0.2, 0) is 4.79 Å². The Morgan fingerprint density at radius 1 is 1.13 bits per heavy atom. The topological polar surface area (TPSA) is 49.4 Å². The van der Waals surface area contributed by atoms with E-state index in [1.807, 2.05) is 54.3 Å². The number of anilines is 1. The summed E-state index contributed by atoms with van der Waals surface area (Å²) in [7, 11) is 0. The second kappa shape index (κ2) is 9.40. The van der Waals surface area contributed by atoms with Crippen LogP contribution < -0.4 is 5.32 Å². The first-order valence-electron chi connectivity index (χ1n) is 10.2. The lowest BCUT2D eigenvalue weighted by Crippen LogP contribution is -2.29. The van der Waals surface area contributed by atoms with Crippen molar-refractivity contribution in [1.82, 2.24) is 4.90 Å². The summed E-state index contributed by atoms with van der Waals surface area (Å²) >= 11 is 0. The van der Waals surface area contributed by atoms with E-state index in [1.54, 1.807) is 18.2 Å². The smallest absolute Gasteiger partial charge is 0.255 e. The van der Waals surface area contributed by atoms with Crippen LogP contribution >= 0.6 is 0 Å². The number of likely N-dealkylation sites (tertiary alicyclic amines) is 1. The highest BCUT2D eigenvalue weighted by Crippen LogP contribution is 2.31. The molecule has 0 saturated carbocycles. The number of aryl methyl sites for hydroxylation is 2. The van der Waals surface area contributed by atoms with Crippen LogP contribution in [0.5, 0.6) is 0 Å². The molecule has 1 unspecified atom stereocenters. The SMILES string of the molecule is C=C/C=C(\C=C)C(=O)N1CCC(c2cc(C(=O)Nc3cccc(C)c3)ccc2C)C1. The van der Waals surface area contributed by atoms with Crippen molar-refractivity contribution in [2.45, 2.75) is 26.2 Å². The van der Waals surface area contributed by atoms with Gasteiger partial charge in [0.25, 0.3) is 11.8 Å².